The van der Waals surface area contributed by atoms with Crippen LogP contribution in [-0.4, -0.2) is 42.3 Å². The van der Waals surface area contributed by atoms with Crippen LogP contribution in [0, 0.1) is 0 Å². The summed E-state index contributed by atoms with van der Waals surface area (Å²) in [5, 5.41) is 9.68. The summed E-state index contributed by atoms with van der Waals surface area (Å²) >= 11 is 0. The predicted molar refractivity (Wildman–Crippen MR) is 102 cm³/mol. The minimum Gasteiger partial charge on any atom is -0.497 e. The molecule has 0 spiro atoms. The molecule has 2 amide bonds. The number of hydrogen-bond acceptors (Lipinski definition) is 4. The molecule has 0 radical (unpaired) electrons. The molecule has 0 aliphatic carbocycles. The van der Waals surface area contributed by atoms with E-state index in [2.05, 4.69) is 15.7 Å². The number of ether oxygens (including phenoxy) is 1. The first-order valence-electron chi connectivity index (χ1n) is 8.40. The lowest BCUT2D eigenvalue weighted by atomic mass is 10.1. The third-order valence-electron chi connectivity index (χ3n) is 4.03. The number of methoxy groups -OCH3 is 1. The van der Waals surface area contributed by atoms with Gasteiger partial charge >= 0.3 is 0 Å². The largest absolute Gasteiger partial charge is 0.497 e. The Morgan fingerprint density at radius 3 is 2.41 bits per heavy atom. The summed E-state index contributed by atoms with van der Waals surface area (Å²) in [6, 6.07) is 16.8. The van der Waals surface area contributed by atoms with Gasteiger partial charge in [-0.25, -0.2) is 4.68 Å². The maximum atomic E-state index is 12.7. The number of para-hydroxylation sites is 1. The first-order chi connectivity index (χ1) is 13.1. The monoisotopic (exact) mass is 364 g/mol. The van der Waals surface area contributed by atoms with Crippen LogP contribution in [0.4, 0.5) is 0 Å². The number of likely N-dealkylation sites (N-methyl/N-ethyl adjacent to an activating group) is 1. The van der Waals surface area contributed by atoms with Gasteiger partial charge in [0.2, 0.25) is 5.91 Å². The van der Waals surface area contributed by atoms with Gasteiger partial charge in [0.05, 0.1) is 24.9 Å². The minimum atomic E-state index is -0.369. The summed E-state index contributed by atoms with van der Waals surface area (Å²) in [7, 11) is 3.11. The minimum absolute atomic E-state index is 0.103. The van der Waals surface area contributed by atoms with Crippen LogP contribution < -0.4 is 15.4 Å². The van der Waals surface area contributed by atoms with Gasteiger partial charge in [0.1, 0.15) is 11.4 Å². The van der Waals surface area contributed by atoms with E-state index in [0.717, 1.165) is 11.3 Å². The van der Waals surface area contributed by atoms with E-state index in [-0.39, 0.29) is 18.4 Å². The van der Waals surface area contributed by atoms with Crippen molar-refractivity contribution in [2.24, 2.45) is 0 Å². The average Bonchev–Trinajstić information content (AvgIpc) is 3.18. The second kappa shape index (κ2) is 8.18. The molecule has 7 nitrogen and oxygen atoms in total. The molecule has 2 N–H and O–H groups in total. The number of nitrogens with zero attached hydrogens (tertiary/aromatic N) is 2. The Labute approximate surface area is 157 Å². The first-order valence-corrected chi connectivity index (χ1v) is 8.40. The van der Waals surface area contributed by atoms with Crippen molar-refractivity contribution in [3.05, 3.63) is 66.4 Å². The lowest BCUT2D eigenvalue weighted by Crippen LogP contribution is -2.35. The molecular weight excluding hydrogens is 344 g/mol. The molecule has 7 heteroatoms. The maximum Gasteiger partial charge on any atom is 0.255 e. The number of amides is 2. The van der Waals surface area contributed by atoms with Gasteiger partial charge in [-0.1, -0.05) is 18.2 Å². The molecule has 0 bridgehead atoms. The summed E-state index contributed by atoms with van der Waals surface area (Å²) in [6.07, 6.45) is 1.66. The molecule has 1 aromatic heterocycles. The zero-order chi connectivity index (χ0) is 19.2. The van der Waals surface area contributed by atoms with E-state index < -0.39 is 0 Å². The highest BCUT2D eigenvalue weighted by Crippen LogP contribution is 2.25. The van der Waals surface area contributed by atoms with Gasteiger partial charge in [-0.15, -0.1) is 0 Å². The summed E-state index contributed by atoms with van der Waals surface area (Å²) < 4.78 is 6.83. The summed E-state index contributed by atoms with van der Waals surface area (Å²) in [6.45, 7) is -0.103. The van der Waals surface area contributed by atoms with Crippen molar-refractivity contribution in [1.29, 1.82) is 0 Å². The van der Waals surface area contributed by atoms with Crippen molar-refractivity contribution in [1.82, 2.24) is 20.4 Å². The second-order valence-electron chi connectivity index (χ2n) is 5.76. The van der Waals surface area contributed by atoms with Crippen LogP contribution in [0.1, 0.15) is 10.4 Å². The van der Waals surface area contributed by atoms with E-state index in [0.29, 0.717) is 17.0 Å². The van der Waals surface area contributed by atoms with Crippen LogP contribution in [0.5, 0.6) is 5.75 Å². The smallest absolute Gasteiger partial charge is 0.255 e. The summed E-state index contributed by atoms with van der Waals surface area (Å²) in [4.78, 5) is 24.1. The van der Waals surface area contributed by atoms with Gasteiger partial charge in [-0.05, 0) is 36.4 Å². The number of carbonyl (C=O) groups excluding carboxylic acids is 2. The standard InChI is InChI=1S/C20H20N4O3/c1-21-18(25)12-22-20(26)17-13-24(15-6-4-3-5-7-15)23-19(17)14-8-10-16(27-2)11-9-14/h3-11,13H,12H2,1-2H3,(H,21,25)(H,22,26). The number of benzene rings is 2. The molecule has 0 aliphatic heterocycles. The molecule has 0 unspecified atom stereocenters. The van der Waals surface area contributed by atoms with Gasteiger partial charge in [0.25, 0.3) is 5.91 Å². The molecule has 3 rings (SSSR count). The Bertz CT molecular complexity index is 934. The van der Waals surface area contributed by atoms with Gasteiger partial charge in [-0.2, -0.15) is 5.10 Å². The molecule has 0 atom stereocenters. The fourth-order valence-corrected chi connectivity index (χ4v) is 2.56. The Hall–Kier alpha value is -3.61. The highest BCUT2D eigenvalue weighted by atomic mass is 16.5. The number of aromatic nitrogens is 2. The van der Waals surface area contributed by atoms with Gasteiger partial charge < -0.3 is 15.4 Å². The van der Waals surface area contributed by atoms with Crippen molar-refractivity contribution in [3.63, 3.8) is 0 Å². The SMILES string of the molecule is CNC(=O)CNC(=O)c1cn(-c2ccccc2)nc1-c1ccc(OC)cc1. The molecule has 0 saturated heterocycles. The molecule has 138 valence electrons. The molecular formula is C20H20N4O3. The number of rotatable bonds is 6. The second-order valence-corrected chi connectivity index (χ2v) is 5.76. The van der Waals surface area contributed by atoms with Gasteiger partial charge in [0.15, 0.2) is 0 Å². The van der Waals surface area contributed by atoms with E-state index in [9.17, 15) is 9.59 Å². The summed E-state index contributed by atoms with van der Waals surface area (Å²) in [5.41, 5.74) is 2.51. The lowest BCUT2D eigenvalue weighted by molar-refractivity contribution is -0.119. The fourth-order valence-electron chi connectivity index (χ4n) is 2.56. The molecule has 0 fully saturated rings. The van der Waals surface area contributed by atoms with Crippen LogP contribution in [0.3, 0.4) is 0 Å². The Morgan fingerprint density at radius 1 is 1.07 bits per heavy atom. The number of nitrogens with one attached hydrogen (secondary N) is 2. The van der Waals surface area contributed by atoms with Crippen molar-refractivity contribution in [2.45, 2.75) is 0 Å². The Morgan fingerprint density at radius 2 is 1.78 bits per heavy atom. The van der Waals surface area contributed by atoms with Crippen LogP contribution in [0.25, 0.3) is 16.9 Å². The highest BCUT2D eigenvalue weighted by molar-refractivity contribution is 6.01. The van der Waals surface area contributed by atoms with Gasteiger partial charge in [-0.3, -0.25) is 9.59 Å². The first kappa shape index (κ1) is 18.2. The van der Waals surface area contributed by atoms with Crippen LogP contribution >= 0.6 is 0 Å². The number of hydrogen-bond donors (Lipinski definition) is 2. The van der Waals surface area contributed by atoms with Crippen molar-refractivity contribution >= 4 is 11.8 Å². The molecule has 2 aromatic carbocycles. The molecule has 0 aliphatic rings. The lowest BCUT2D eigenvalue weighted by Gasteiger charge is -2.05. The van der Waals surface area contributed by atoms with Crippen LogP contribution in [-0.2, 0) is 4.79 Å². The molecule has 0 saturated carbocycles. The van der Waals surface area contributed by atoms with Crippen molar-refractivity contribution in [3.8, 4) is 22.7 Å². The zero-order valence-electron chi connectivity index (χ0n) is 15.1. The third-order valence-corrected chi connectivity index (χ3v) is 4.03. The maximum absolute atomic E-state index is 12.7. The van der Waals surface area contributed by atoms with E-state index >= 15 is 0 Å². The molecule has 1 heterocycles. The normalized spacial score (nSPS) is 10.3. The molecule has 27 heavy (non-hydrogen) atoms. The highest BCUT2D eigenvalue weighted by Gasteiger charge is 2.19. The number of carbonyl (C=O) groups is 2. The Balaban J connectivity index is 1.99. The fraction of sp³-hybridized carbons (Fsp3) is 0.150. The van der Waals surface area contributed by atoms with Gasteiger partial charge in [0, 0.05) is 18.8 Å². The van der Waals surface area contributed by atoms with Crippen LogP contribution in [0.2, 0.25) is 0 Å². The average molecular weight is 364 g/mol. The van der Waals surface area contributed by atoms with Crippen LogP contribution in [0.15, 0.2) is 60.8 Å². The van der Waals surface area contributed by atoms with E-state index in [4.69, 9.17) is 4.74 Å². The topological polar surface area (TPSA) is 85.3 Å². The summed E-state index contributed by atoms with van der Waals surface area (Å²) in [5.74, 6) is 0.0725. The van der Waals surface area contributed by atoms with E-state index in [1.54, 1.807) is 18.0 Å². The molecule has 3 aromatic rings. The van der Waals surface area contributed by atoms with E-state index in [1.807, 2.05) is 54.6 Å². The third kappa shape index (κ3) is 4.14. The van der Waals surface area contributed by atoms with E-state index in [1.165, 1.54) is 7.05 Å². The quantitative estimate of drug-likeness (QED) is 0.701. The van der Waals surface area contributed by atoms with Crippen molar-refractivity contribution < 1.29 is 14.3 Å². The zero-order valence-corrected chi connectivity index (χ0v) is 15.1. The predicted octanol–water partition coefficient (Wildman–Crippen LogP) is 2.02. The van der Waals surface area contributed by atoms with Crippen molar-refractivity contribution in [2.75, 3.05) is 20.7 Å². The Kier molecular flexibility index (Phi) is 5.51.